The zero-order chi connectivity index (χ0) is 17.3. The van der Waals surface area contributed by atoms with Crippen LogP contribution in [0.2, 0.25) is 0 Å². The minimum absolute atomic E-state index is 0.0442. The summed E-state index contributed by atoms with van der Waals surface area (Å²) in [6.07, 6.45) is 3.22. The van der Waals surface area contributed by atoms with Crippen molar-refractivity contribution in [3.8, 4) is 6.07 Å². The SMILES string of the molecule is N#CC1(c2ccccc2)CCN(C(=O)c2ccc3[nH]ccc3c2)CC1. The van der Waals surface area contributed by atoms with Crippen LogP contribution in [0.15, 0.2) is 60.8 Å². The van der Waals surface area contributed by atoms with E-state index in [0.717, 1.165) is 16.5 Å². The second kappa shape index (κ2) is 6.10. The molecule has 2 aromatic carbocycles. The summed E-state index contributed by atoms with van der Waals surface area (Å²) in [6, 6.07) is 20.1. The highest BCUT2D eigenvalue weighted by Crippen LogP contribution is 2.35. The number of hydrogen-bond acceptors (Lipinski definition) is 2. The molecule has 0 spiro atoms. The number of aromatic amines is 1. The average Bonchev–Trinajstić information content (AvgIpc) is 3.16. The first-order valence-electron chi connectivity index (χ1n) is 8.55. The Kier molecular flexibility index (Phi) is 3.77. The first-order chi connectivity index (χ1) is 12.2. The molecule has 124 valence electrons. The maximum atomic E-state index is 12.8. The number of nitrogens with one attached hydrogen (secondary N) is 1. The third kappa shape index (κ3) is 2.68. The van der Waals surface area contributed by atoms with E-state index in [1.54, 1.807) is 0 Å². The van der Waals surface area contributed by atoms with Crippen LogP contribution in [-0.2, 0) is 5.41 Å². The molecule has 1 aliphatic rings. The van der Waals surface area contributed by atoms with Gasteiger partial charge in [0.15, 0.2) is 0 Å². The molecule has 2 heterocycles. The Morgan fingerprint density at radius 3 is 2.56 bits per heavy atom. The van der Waals surface area contributed by atoms with Crippen molar-refractivity contribution in [1.29, 1.82) is 5.26 Å². The van der Waals surface area contributed by atoms with Crippen LogP contribution in [0.25, 0.3) is 10.9 Å². The average molecular weight is 329 g/mol. The number of benzene rings is 2. The van der Waals surface area contributed by atoms with Crippen molar-refractivity contribution >= 4 is 16.8 Å². The second-order valence-corrected chi connectivity index (χ2v) is 6.63. The van der Waals surface area contributed by atoms with Gasteiger partial charge in [0.1, 0.15) is 0 Å². The number of carbonyl (C=O) groups is 1. The van der Waals surface area contributed by atoms with Gasteiger partial charge in [-0.15, -0.1) is 0 Å². The number of likely N-dealkylation sites (tertiary alicyclic amines) is 1. The third-order valence-electron chi connectivity index (χ3n) is 5.24. The van der Waals surface area contributed by atoms with E-state index < -0.39 is 5.41 Å². The summed E-state index contributed by atoms with van der Waals surface area (Å²) in [7, 11) is 0. The van der Waals surface area contributed by atoms with Crippen LogP contribution in [0.1, 0.15) is 28.8 Å². The number of rotatable bonds is 2. The summed E-state index contributed by atoms with van der Waals surface area (Å²) in [6.45, 7) is 1.21. The highest BCUT2D eigenvalue weighted by molar-refractivity contribution is 5.98. The molecule has 1 N–H and O–H groups in total. The van der Waals surface area contributed by atoms with Crippen LogP contribution in [0, 0.1) is 11.3 Å². The fourth-order valence-corrected chi connectivity index (χ4v) is 3.68. The van der Waals surface area contributed by atoms with Crippen LogP contribution < -0.4 is 0 Å². The van der Waals surface area contributed by atoms with Crippen LogP contribution >= 0.6 is 0 Å². The molecule has 1 amide bonds. The van der Waals surface area contributed by atoms with Crippen molar-refractivity contribution in [2.24, 2.45) is 0 Å². The largest absolute Gasteiger partial charge is 0.361 e. The lowest BCUT2D eigenvalue weighted by molar-refractivity contribution is 0.0692. The predicted molar refractivity (Wildman–Crippen MR) is 97.2 cm³/mol. The van der Waals surface area contributed by atoms with E-state index in [-0.39, 0.29) is 5.91 Å². The summed E-state index contributed by atoms with van der Waals surface area (Å²) in [5.41, 5.74) is 2.31. The monoisotopic (exact) mass is 329 g/mol. The number of nitriles is 1. The number of carbonyl (C=O) groups excluding carboxylic acids is 1. The molecule has 0 atom stereocenters. The summed E-state index contributed by atoms with van der Waals surface area (Å²) in [4.78, 5) is 17.8. The van der Waals surface area contributed by atoms with Crippen molar-refractivity contribution < 1.29 is 4.79 Å². The van der Waals surface area contributed by atoms with Gasteiger partial charge in [0, 0.05) is 35.8 Å². The van der Waals surface area contributed by atoms with Gasteiger partial charge in [0.05, 0.1) is 11.5 Å². The number of piperidine rings is 1. The molecular weight excluding hydrogens is 310 g/mol. The van der Waals surface area contributed by atoms with Crippen molar-refractivity contribution in [2.75, 3.05) is 13.1 Å². The maximum Gasteiger partial charge on any atom is 0.253 e. The van der Waals surface area contributed by atoms with E-state index in [9.17, 15) is 10.1 Å². The van der Waals surface area contributed by atoms with Gasteiger partial charge in [-0.1, -0.05) is 30.3 Å². The Morgan fingerprint density at radius 1 is 1.08 bits per heavy atom. The number of aromatic nitrogens is 1. The summed E-state index contributed by atoms with van der Waals surface area (Å²) in [5.74, 6) is 0.0442. The molecule has 0 radical (unpaired) electrons. The smallest absolute Gasteiger partial charge is 0.253 e. The fraction of sp³-hybridized carbons (Fsp3) is 0.238. The van der Waals surface area contributed by atoms with Gasteiger partial charge in [0.25, 0.3) is 5.91 Å². The van der Waals surface area contributed by atoms with E-state index in [2.05, 4.69) is 11.1 Å². The Morgan fingerprint density at radius 2 is 1.84 bits per heavy atom. The molecule has 4 nitrogen and oxygen atoms in total. The Bertz CT molecular complexity index is 944. The molecule has 4 heteroatoms. The van der Waals surface area contributed by atoms with Crippen LogP contribution in [0.3, 0.4) is 0 Å². The Labute approximate surface area is 146 Å². The molecule has 1 saturated heterocycles. The molecule has 25 heavy (non-hydrogen) atoms. The highest BCUT2D eigenvalue weighted by Gasteiger charge is 2.37. The molecular formula is C21H19N3O. The third-order valence-corrected chi connectivity index (χ3v) is 5.24. The van der Waals surface area contributed by atoms with Crippen LogP contribution in [0.4, 0.5) is 0 Å². The van der Waals surface area contributed by atoms with E-state index in [4.69, 9.17) is 0 Å². The first-order valence-corrected chi connectivity index (χ1v) is 8.55. The quantitative estimate of drug-likeness (QED) is 0.776. The number of hydrogen-bond donors (Lipinski definition) is 1. The van der Waals surface area contributed by atoms with Gasteiger partial charge in [-0.3, -0.25) is 4.79 Å². The van der Waals surface area contributed by atoms with E-state index >= 15 is 0 Å². The van der Waals surface area contributed by atoms with Gasteiger partial charge in [-0.25, -0.2) is 0 Å². The van der Waals surface area contributed by atoms with E-state index in [0.29, 0.717) is 31.5 Å². The fourth-order valence-electron chi connectivity index (χ4n) is 3.68. The number of H-pyrrole nitrogens is 1. The van der Waals surface area contributed by atoms with Crippen molar-refractivity contribution in [1.82, 2.24) is 9.88 Å². The molecule has 0 unspecified atom stereocenters. The van der Waals surface area contributed by atoms with Crippen molar-refractivity contribution in [3.63, 3.8) is 0 Å². The molecule has 1 fully saturated rings. The van der Waals surface area contributed by atoms with E-state index in [1.165, 1.54) is 0 Å². The van der Waals surface area contributed by atoms with Crippen molar-refractivity contribution in [2.45, 2.75) is 18.3 Å². The van der Waals surface area contributed by atoms with Gasteiger partial charge in [-0.05, 0) is 42.7 Å². The number of amides is 1. The summed E-state index contributed by atoms with van der Waals surface area (Å²) >= 11 is 0. The minimum Gasteiger partial charge on any atom is -0.361 e. The number of fused-ring (bicyclic) bond motifs is 1. The second-order valence-electron chi connectivity index (χ2n) is 6.63. The summed E-state index contributed by atoms with van der Waals surface area (Å²) < 4.78 is 0. The van der Waals surface area contributed by atoms with E-state index in [1.807, 2.05) is 65.7 Å². The zero-order valence-corrected chi connectivity index (χ0v) is 13.9. The topological polar surface area (TPSA) is 59.9 Å². The molecule has 0 bridgehead atoms. The summed E-state index contributed by atoms with van der Waals surface area (Å²) in [5, 5.41) is 10.8. The normalized spacial score (nSPS) is 16.5. The molecule has 4 rings (SSSR count). The molecule has 1 aliphatic heterocycles. The lowest BCUT2D eigenvalue weighted by Gasteiger charge is -2.37. The highest BCUT2D eigenvalue weighted by atomic mass is 16.2. The standard InChI is InChI=1S/C21H19N3O/c22-15-21(18-4-2-1-3-5-18)9-12-24(13-10-21)20(25)17-6-7-19-16(14-17)8-11-23-19/h1-8,11,14,23H,9-10,12-13H2. The minimum atomic E-state index is -0.483. The van der Waals surface area contributed by atoms with Gasteiger partial charge in [0.2, 0.25) is 0 Å². The number of nitrogens with zero attached hydrogens (tertiary/aromatic N) is 2. The predicted octanol–water partition coefficient (Wildman–Crippen LogP) is 3.87. The first kappa shape index (κ1) is 15.5. The van der Waals surface area contributed by atoms with Gasteiger partial charge in [-0.2, -0.15) is 5.26 Å². The molecule has 0 saturated carbocycles. The molecule has 1 aromatic heterocycles. The Balaban J connectivity index is 1.53. The maximum absolute atomic E-state index is 12.8. The van der Waals surface area contributed by atoms with Gasteiger partial charge < -0.3 is 9.88 Å². The Hall–Kier alpha value is -3.06. The lowest BCUT2D eigenvalue weighted by Crippen LogP contribution is -2.44. The van der Waals surface area contributed by atoms with Crippen LogP contribution in [0.5, 0.6) is 0 Å². The van der Waals surface area contributed by atoms with Crippen LogP contribution in [-0.4, -0.2) is 28.9 Å². The zero-order valence-electron chi connectivity index (χ0n) is 13.9. The van der Waals surface area contributed by atoms with Gasteiger partial charge >= 0.3 is 0 Å². The lowest BCUT2D eigenvalue weighted by atomic mass is 9.74. The molecule has 0 aliphatic carbocycles. The molecule has 3 aromatic rings. The van der Waals surface area contributed by atoms with Crippen molar-refractivity contribution in [3.05, 3.63) is 71.9 Å².